The average Bonchev–Trinajstić information content (AvgIpc) is 3.06. The fraction of sp³-hybridized carbons (Fsp3) is 0.385. The van der Waals surface area contributed by atoms with Crippen molar-refractivity contribution in [3.05, 3.63) is 35.4 Å². The van der Waals surface area contributed by atoms with Crippen molar-refractivity contribution >= 4 is 5.90 Å². The number of ether oxygens (including phenoxy) is 1. The molecule has 1 aliphatic carbocycles. The second kappa shape index (κ2) is 4.36. The van der Waals surface area contributed by atoms with Crippen LogP contribution in [0.1, 0.15) is 17.5 Å². The van der Waals surface area contributed by atoms with Crippen molar-refractivity contribution in [3.8, 4) is 6.07 Å². The summed E-state index contributed by atoms with van der Waals surface area (Å²) in [5, 5.41) is 8.71. The molecule has 0 heterocycles. The Balaban J connectivity index is 2.17. The van der Waals surface area contributed by atoms with Crippen molar-refractivity contribution in [2.75, 3.05) is 7.11 Å². The zero-order valence-electron chi connectivity index (χ0n) is 9.47. The summed E-state index contributed by atoms with van der Waals surface area (Å²) in [6.45, 7) is 2.04. The van der Waals surface area contributed by atoms with Crippen LogP contribution >= 0.6 is 0 Å². The number of aliphatic imine (C=N–C) groups is 1. The summed E-state index contributed by atoms with van der Waals surface area (Å²) in [6, 6.07) is 10.4. The first kappa shape index (κ1) is 10.7. The van der Waals surface area contributed by atoms with Crippen molar-refractivity contribution in [1.29, 1.82) is 5.26 Å². The van der Waals surface area contributed by atoms with Gasteiger partial charge in [0, 0.05) is 5.56 Å². The van der Waals surface area contributed by atoms with Gasteiger partial charge >= 0.3 is 0 Å². The molecule has 1 fully saturated rings. The van der Waals surface area contributed by atoms with Crippen molar-refractivity contribution < 1.29 is 4.74 Å². The maximum absolute atomic E-state index is 8.71. The molecule has 0 aromatic heterocycles. The van der Waals surface area contributed by atoms with Gasteiger partial charge in [-0.2, -0.15) is 5.26 Å². The third-order valence-electron chi connectivity index (χ3n) is 2.70. The van der Waals surface area contributed by atoms with E-state index in [1.165, 1.54) is 5.56 Å². The summed E-state index contributed by atoms with van der Waals surface area (Å²) in [5.41, 5.74) is 2.18. The highest BCUT2D eigenvalue weighted by molar-refractivity contribution is 5.94. The van der Waals surface area contributed by atoms with Gasteiger partial charge in [0.15, 0.2) is 0 Å². The van der Waals surface area contributed by atoms with Crippen LogP contribution in [0, 0.1) is 24.2 Å². The zero-order chi connectivity index (χ0) is 11.5. The van der Waals surface area contributed by atoms with Crippen LogP contribution in [0.2, 0.25) is 0 Å². The first-order chi connectivity index (χ1) is 7.74. The van der Waals surface area contributed by atoms with E-state index in [1.54, 1.807) is 7.11 Å². The monoisotopic (exact) mass is 214 g/mol. The van der Waals surface area contributed by atoms with E-state index in [9.17, 15) is 0 Å². The van der Waals surface area contributed by atoms with Gasteiger partial charge in [-0.25, -0.2) is 4.99 Å². The Bertz CT molecular complexity index is 442. The Morgan fingerprint density at radius 2 is 2.12 bits per heavy atom. The van der Waals surface area contributed by atoms with Gasteiger partial charge < -0.3 is 4.74 Å². The van der Waals surface area contributed by atoms with Crippen LogP contribution in [0.5, 0.6) is 0 Å². The summed E-state index contributed by atoms with van der Waals surface area (Å²) in [6.07, 6.45) is 0.856. The molecule has 2 atom stereocenters. The number of nitriles is 1. The quantitative estimate of drug-likeness (QED) is 0.560. The molecule has 16 heavy (non-hydrogen) atoms. The fourth-order valence-corrected chi connectivity index (χ4v) is 1.55. The van der Waals surface area contributed by atoms with Crippen LogP contribution in [0.15, 0.2) is 29.3 Å². The highest BCUT2D eigenvalue weighted by Crippen LogP contribution is 2.33. The maximum Gasteiger partial charge on any atom is 0.216 e. The molecule has 0 N–H and O–H groups in total. The highest BCUT2D eigenvalue weighted by Gasteiger charge is 2.37. The van der Waals surface area contributed by atoms with Gasteiger partial charge in [-0.05, 0) is 25.5 Å². The summed E-state index contributed by atoms with van der Waals surface area (Å²) in [7, 11) is 1.61. The molecule has 0 aliphatic heterocycles. The summed E-state index contributed by atoms with van der Waals surface area (Å²) in [4.78, 5) is 4.43. The number of aryl methyl sites for hydroxylation is 1. The molecule has 1 saturated carbocycles. The molecule has 1 aromatic carbocycles. The van der Waals surface area contributed by atoms with Gasteiger partial charge in [0.2, 0.25) is 5.90 Å². The molecule has 0 amide bonds. The Labute approximate surface area is 95.4 Å². The van der Waals surface area contributed by atoms with Gasteiger partial charge in [0.05, 0.1) is 25.1 Å². The lowest BCUT2D eigenvalue weighted by molar-refractivity contribution is 0.402. The van der Waals surface area contributed by atoms with E-state index in [1.807, 2.05) is 31.2 Å². The van der Waals surface area contributed by atoms with Crippen molar-refractivity contribution in [3.63, 3.8) is 0 Å². The van der Waals surface area contributed by atoms with Gasteiger partial charge in [0.25, 0.3) is 0 Å². The smallest absolute Gasteiger partial charge is 0.216 e. The molecule has 3 heteroatoms. The summed E-state index contributed by atoms with van der Waals surface area (Å²) < 4.78 is 5.26. The van der Waals surface area contributed by atoms with Crippen LogP contribution in [-0.4, -0.2) is 19.0 Å². The largest absolute Gasteiger partial charge is 0.481 e. The Kier molecular flexibility index (Phi) is 2.91. The third kappa shape index (κ3) is 2.22. The minimum absolute atomic E-state index is 0.0793. The zero-order valence-corrected chi connectivity index (χ0v) is 9.47. The minimum Gasteiger partial charge on any atom is -0.481 e. The van der Waals surface area contributed by atoms with E-state index in [2.05, 4.69) is 11.1 Å². The Morgan fingerprint density at radius 1 is 1.44 bits per heavy atom. The normalized spacial score (nSPS) is 23.7. The average molecular weight is 214 g/mol. The highest BCUT2D eigenvalue weighted by atomic mass is 16.5. The molecule has 0 radical (unpaired) electrons. The summed E-state index contributed by atoms with van der Waals surface area (Å²) >= 11 is 0. The van der Waals surface area contributed by atoms with E-state index in [4.69, 9.17) is 10.00 Å². The SMILES string of the molecule is COC(=N[C@H]1C[C@@H]1C#N)c1ccc(C)cc1. The van der Waals surface area contributed by atoms with E-state index in [-0.39, 0.29) is 12.0 Å². The van der Waals surface area contributed by atoms with Crippen molar-refractivity contribution in [1.82, 2.24) is 0 Å². The summed E-state index contributed by atoms with van der Waals surface area (Å²) in [5.74, 6) is 0.707. The molecule has 1 aromatic rings. The second-order valence-corrected chi connectivity index (χ2v) is 4.04. The molecular weight excluding hydrogens is 200 g/mol. The lowest BCUT2D eigenvalue weighted by atomic mass is 10.1. The van der Waals surface area contributed by atoms with Crippen LogP contribution in [0.4, 0.5) is 0 Å². The van der Waals surface area contributed by atoms with E-state index >= 15 is 0 Å². The lowest BCUT2D eigenvalue weighted by Crippen LogP contribution is -2.05. The molecule has 82 valence electrons. The minimum atomic E-state index is 0.0793. The first-order valence-corrected chi connectivity index (χ1v) is 5.33. The van der Waals surface area contributed by atoms with Crippen LogP contribution in [-0.2, 0) is 4.74 Å². The first-order valence-electron chi connectivity index (χ1n) is 5.33. The van der Waals surface area contributed by atoms with Crippen LogP contribution in [0.3, 0.4) is 0 Å². The molecule has 0 spiro atoms. The Morgan fingerprint density at radius 3 is 2.62 bits per heavy atom. The second-order valence-electron chi connectivity index (χ2n) is 4.04. The van der Waals surface area contributed by atoms with Gasteiger partial charge in [0.1, 0.15) is 0 Å². The standard InChI is InChI=1S/C13H14N2O/c1-9-3-5-10(6-4-9)13(16-2)15-12-7-11(12)8-14/h3-6,11-12H,7H2,1-2H3/t11-,12+/m1/s1. The third-order valence-corrected chi connectivity index (χ3v) is 2.70. The van der Waals surface area contributed by atoms with Gasteiger partial charge in [-0.15, -0.1) is 0 Å². The molecule has 0 saturated heterocycles. The van der Waals surface area contributed by atoms with E-state index in [0.717, 1.165) is 12.0 Å². The molecule has 1 aliphatic rings. The predicted octanol–water partition coefficient (Wildman–Crippen LogP) is 2.30. The predicted molar refractivity (Wildman–Crippen MR) is 62.2 cm³/mol. The molecule has 3 nitrogen and oxygen atoms in total. The van der Waals surface area contributed by atoms with Crippen LogP contribution in [0.25, 0.3) is 0 Å². The Hall–Kier alpha value is -1.82. The fourth-order valence-electron chi connectivity index (χ4n) is 1.55. The molecule has 2 rings (SSSR count). The van der Waals surface area contributed by atoms with E-state index < -0.39 is 0 Å². The number of methoxy groups -OCH3 is 1. The molecule has 0 unspecified atom stereocenters. The van der Waals surface area contributed by atoms with Crippen molar-refractivity contribution in [2.24, 2.45) is 10.9 Å². The number of benzene rings is 1. The lowest BCUT2D eigenvalue weighted by Gasteiger charge is -2.05. The van der Waals surface area contributed by atoms with Crippen molar-refractivity contribution in [2.45, 2.75) is 19.4 Å². The number of rotatable bonds is 2. The molecular formula is C13H14N2O. The molecule has 0 bridgehead atoms. The van der Waals surface area contributed by atoms with Gasteiger partial charge in [-0.3, -0.25) is 0 Å². The van der Waals surface area contributed by atoms with Crippen LogP contribution < -0.4 is 0 Å². The number of nitrogens with zero attached hydrogens (tertiary/aromatic N) is 2. The van der Waals surface area contributed by atoms with E-state index in [0.29, 0.717) is 5.90 Å². The number of hydrogen-bond acceptors (Lipinski definition) is 3. The number of hydrogen-bond donors (Lipinski definition) is 0. The maximum atomic E-state index is 8.71. The topological polar surface area (TPSA) is 45.4 Å². The van der Waals surface area contributed by atoms with Gasteiger partial charge in [-0.1, -0.05) is 17.7 Å².